The largest absolute Gasteiger partial charge is 0.391 e. The Labute approximate surface area is 112 Å². The van der Waals surface area contributed by atoms with Crippen molar-refractivity contribution in [2.45, 2.75) is 18.9 Å². The molecule has 0 spiro atoms. The van der Waals surface area contributed by atoms with Crippen LogP contribution in [0.15, 0.2) is 18.5 Å². The van der Waals surface area contributed by atoms with Crippen LogP contribution >= 0.6 is 0 Å². The Morgan fingerprint density at radius 1 is 1.63 bits per heavy atom. The molecule has 5 nitrogen and oxygen atoms in total. The second-order valence-corrected chi connectivity index (χ2v) is 4.47. The number of aliphatic hydroxyl groups excluding tert-OH is 1. The van der Waals surface area contributed by atoms with E-state index in [1.807, 2.05) is 0 Å². The zero-order valence-electron chi connectivity index (χ0n) is 10.7. The van der Waals surface area contributed by atoms with Crippen molar-refractivity contribution in [2.75, 3.05) is 19.6 Å². The highest BCUT2D eigenvalue weighted by molar-refractivity contribution is 5.96. The third-order valence-corrected chi connectivity index (χ3v) is 3.06. The fourth-order valence-corrected chi connectivity index (χ4v) is 2.14. The van der Waals surface area contributed by atoms with E-state index in [0.717, 1.165) is 12.8 Å². The van der Waals surface area contributed by atoms with E-state index in [1.165, 1.54) is 0 Å². The summed E-state index contributed by atoms with van der Waals surface area (Å²) in [4.78, 5) is 18.1. The van der Waals surface area contributed by atoms with Crippen LogP contribution in [0, 0.1) is 11.8 Å². The third kappa shape index (κ3) is 3.31. The number of carbonyl (C=O) groups excluding carboxylic acids is 1. The van der Waals surface area contributed by atoms with Crippen molar-refractivity contribution in [2.24, 2.45) is 5.73 Å². The molecule has 1 unspecified atom stereocenters. The average Bonchev–Trinajstić information content (AvgIpc) is 2.44. The molecule has 1 saturated heterocycles. The standard InChI is InChI=1S/C14H17N3O2/c15-6-1-3-11-9-16-7-5-13(11)14(19)17-8-2-4-12(18)10-17/h5,7,9,12,18H,2,4,6,8,10,15H2. The lowest BCUT2D eigenvalue weighted by molar-refractivity contribution is 0.0473. The van der Waals surface area contributed by atoms with Gasteiger partial charge in [0.05, 0.1) is 23.8 Å². The van der Waals surface area contributed by atoms with Gasteiger partial charge >= 0.3 is 0 Å². The Bertz CT molecular complexity index is 519. The molecule has 1 aliphatic heterocycles. The Balaban J connectivity index is 2.23. The number of pyridine rings is 1. The van der Waals surface area contributed by atoms with Gasteiger partial charge in [-0.1, -0.05) is 11.8 Å². The summed E-state index contributed by atoms with van der Waals surface area (Å²) in [5.41, 5.74) is 6.44. The van der Waals surface area contributed by atoms with Crippen LogP contribution in [0.2, 0.25) is 0 Å². The number of hydrogen-bond donors (Lipinski definition) is 2. The van der Waals surface area contributed by atoms with E-state index in [2.05, 4.69) is 16.8 Å². The molecule has 0 bridgehead atoms. The quantitative estimate of drug-likeness (QED) is 0.695. The summed E-state index contributed by atoms with van der Waals surface area (Å²) in [6.07, 6.45) is 4.28. The lowest BCUT2D eigenvalue weighted by Gasteiger charge is -2.30. The first kappa shape index (κ1) is 13.5. The van der Waals surface area contributed by atoms with Crippen molar-refractivity contribution in [3.8, 4) is 11.8 Å². The van der Waals surface area contributed by atoms with E-state index >= 15 is 0 Å². The average molecular weight is 259 g/mol. The number of aliphatic hydroxyl groups is 1. The summed E-state index contributed by atoms with van der Waals surface area (Å²) in [6, 6.07) is 1.66. The number of β-amino-alcohol motifs (C(OH)–C–C–N with tert-alkyl or cyclic N) is 1. The maximum atomic E-state index is 12.4. The van der Waals surface area contributed by atoms with Gasteiger partial charge in [0.25, 0.3) is 5.91 Å². The first-order valence-electron chi connectivity index (χ1n) is 6.32. The summed E-state index contributed by atoms with van der Waals surface area (Å²) in [6.45, 7) is 1.29. The van der Waals surface area contributed by atoms with Crippen molar-refractivity contribution in [3.63, 3.8) is 0 Å². The lowest BCUT2D eigenvalue weighted by Crippen LogP contribution is -2.42. The molecule has 0 radical (unpaired) electrons. The molecule has 1 atom stereocenters. The second-order valence-electron chi connectivity index (χ2n) is 4.47. The van der Waals surface area contributed by atoms with Crippen LogP contribution in [-0.4, -0.2) is 46.6 Å². The Morgan fingerprint density at radius 2 is 2.47 bits per heavy atom. The topological polar surface area (TPSA) is 79.5 Å². The van der Waals surface area contributed by atoms with Crippen LogP contribution in [0.25, 0.3) is 0 Å². The van der Waals surface area contributed by atoms with Crippen LogP contribution in [0.5, 0.6) is 0 Å². The summed E-state index contributed by atoms with van der Waals surface area (Å²) >= 11 is 0. The van der Waals surface area contributed by atoms with Gasteiger partial charge in [0.2, 0.25) is 0 Å². The van der Waals surface area contributed by atoms with E-state index < -0.39 is 6.10 Å². The highest BCUT2D eigenvalue weighted by Gasteiger charge is 2.24. The van der Waals surface area contributed by atoms with Crippen molar-refractivity contribution >= 4 is 5.91 Å². The molecule has 1 aromatic heterocycles. The molecule has 0 aromatic carbocycles. The normalized spacial score (nSPS) is 18.6. The lowest BCUT2D eigenvalue weighted by atomic mass is 10.1. The van der Waals surface area contributed by atoms with Gasteiger partial charge in [-0.05, 0) is 18.9 Å². The van der Waals surface area contributed by atoms with Gasteiger partial charge in [-0.3, -0.25) is 9.78 Å². The highest BCUT2D eigenvalue weighted by Crippen LogP contribution is 2.15. The van der Waals surface area contributed by atoms with Gasteiger partial charge in [-0.15, -0.1) is 0 Å². The number of rotatable bonds is 1. The molecule has 1 aliphatic rings. The molecule has 3 N–H and O–H groups in total. The zero-order valence-corrected chi connectivity index (χ0v) is 10.7. The predicted molar refractivity (Wildman–Crippen MR) is 71.3 cm³/mol. The Kier molecular flexibility index (Phi) is 4.50. The van der Waals surface area contributed by atoms with E-state index in [4.69, 9.17) is 5.73 Å². The third-order valence-electron chi connectivity index (χ3n) is 3.06. The highest BCUT2D eigenvalue weighted by atomic mass is 16.3. The van der Waals surface area contributed by atoms with Gasteiger partial charge in [-0.2, -0.15) is 0 Å². The van der Waals surface area contributed by atoms with Gasteiger partial charge < -0.3 is 15.7 Å². The Hall–Kier alpha value is -1.90. The summed E-state index contributed by atoms with van der Waals surface area (Å²) < 4.78 is 0. The molecule has 1 fully saturated rings. The summed E-state index contributed by atoms with van der Waals surface area (Å²) in [5, 5.41) is 9.64. The van der Waals surface area contributed by atoms with Crippen molar-refractivity contribution in [3.05, 3.63) is 29.6 Å². The molecule has 2 rings (SSSR count). The maximum Gasteiger partial charge on any atom is 0.255 e. The number of carbonyl (C=O) groups is 1. The minimum atomic E-state index is -0.432. The van der Waals surface area contributed by atoms with Gasteiger partial charge in [0.1, 0.15) is 0 Å². The van der Waals surface area contributed by atoms with Crippen LogP contribution in [0.3, 0.4) is 0 Å². The molecule has 19 heavy (non-hydrogen) atoms. The fraction of sp³-hybridized carbons (Fsp3) is 0.429. The van der Waals surface area contributed by atoms with Gasteiger partial charge in [0.15, 0.2) is 0 Å². The number of piperidine rings is 1. The van der Waals surface area contributed by atoms with Crippen molar-refractivity contribution in [1.29, 1.82) is 0 Å². The minimum Gasteiger partial charge on any atom is -0.391 e. The van der Waals surface area contributed by atoms with E-state index in [-0.39, 0.29) is 12.5 Å². The number of amides is 1. The van der Waals surface area contributed by atoms with Gasteiger partial charge in [0, 0.05) is 25.5 Å². The van der Waals surface area contributed by atoms with Crippen LogP contribution in [0.1, 0.15) is 28.8 Å². The van der Waals surface area contributed by atoms with E-state index in [9.17, 15) is 9.90 Å². The molecular weight excluding hydrogens is 242 g/mol. The van der Waals surface area contributed by atoms with E-state index in [0.29, 0.717) is 24.2 Å². The van der Waals surface area contributed by atoms with Crippen molar-refractivity contribution < 1.29 is 9.90 Å². The van der Waals surface area contributed by atoms with Crippen LogP contribution in [0.4, 0.5) is 0 Å². The molecule has 0 saturated carbocycles. The molecule has 0 aliphatic carbocycles. The molecular formula is C14H17N3O2. The zero-order chi connectivity index (χ0) is 13.7. The SMILES string of the molecule is NCC#Cc1cnccc1C(=O)N1CCCC(O)C1. The van der Waals surface area contributed by atoms with E-state index in [1.54, 1.807) is 23.4 Å². The van der Waals surface area contributed by atoms with Crippen LogP contribution < -0.4 is 5.73 Å². The molecule has 5 heteroatoms. The maximum absolute atomic E-state index is 12.4. The smallest absolute Gasteiger partial charge is 0.255 e. The Morgan fingerprint density at radius 3 is 3.21 bits per heavy atom. The van der Waals surface area contributed by atoms with Crippen LogP contribution in [-0.2, 0) is 0 Å². The monoisotopic (exact) mass is 259 g/mol. The summed E-state index contributed by atoms with van der Waals surface area (Å²) in [7, 11) is 0. The predicted octanol–water partition coefficient (Wildman–Crippen LogP) is -0.0113. The number of aromatic nitrogens is 1. The molecule has 1 amide bonds. The fourth-order valence-electron chi connectivity index (χ4n) is 2.14. The number of nitrogens with zero attached hydrogens (tertiary/aromatic N) is 2. The number of hydrogen-bond acceptors (Lipinski definition) is 4. The second kappa shape index (κ2) is 6.32. The first-order valence-corrected chi connectivity index (χ1v) is 6.32. The molecule has 100 valence electrons. The molecule has 1 aromatic rings. The van der Waals surface area contributed by atoms with Gasteiger partial charge in [-0.25, -0.2) is 0 Å². The molecule has 2 heterocycles. The number of likely N-dealkylation sites (tertiary alicyclic amines) is 1. The first-order chi connectivity index (χ1) is 9.22. The van der Waals surface area contributed by atoms with Crippen molar-refractivity contribution in [1.82, 2.24) is 9.88 Å². The summed E-state index contributed by atoms with van der Waals surface area (Å²) in [5.74, 6) is 5.48. The minimum absolute atomic E-state index is 0.109. The number of nitrogens with two attached hydrogens (primary N) is 1.